The second-order valence-electron chi connectivity index (χ2n) is 4.81. The van der Waals surface area contributed by atoms with Gasteiger partial charge in [-0.3, -0.25) is 4.40 Å². The predicted octanol–water partition coefficient (Wildman–Crippen LogP) is 3.15. The minimum Gasteiger partial charge on any atom is -0.493 e. The lowest BCUT2D eigenvalue weighted by molar-refractivity contribution is 0.355. The minimum atomic E-state index is 0.482. The monoisotopic (exact) mass is 330 g/mol. The third-order valence-electron chi connectivity index (χ3n) is 3.36. The molecule has 7 heteroatoms. The molecule has 2 aromatic heterocycles. The highest BCUT2D eigenvalue weighted by molar-refractivity contribution is 6.30. The molecular weight excluding hydrogens is 316 g/mol. The fraction of sp³-hybridized carbons (Fsp3) is 0.125. The van der Waals surface area contributed by atoms with E-state index in [1.165, 1.54) is 0 Å². The van der Waals surface area contributed by atoms with Crippen molar-refractivity contribution in [1.29, 1.82) is 0 Å². The Kier molecular flexibility index (Phi) is 4.08. The lowest BCUT2D eigenvalue weighted by Crippen LogP contribution is -1.94. The largest absolute Gasteiger partial charge is 0.493 e. The molecule has 23 heavy (non-hydrogen) atoms. The van der Waals surface area contributed by atoms with Crippen LogP contribution in [0.15, 0.2) is 30.5 Å². The Bertz CT molecular complexity index is 889. The number of nitrogens with two attached hydrogens (primary N) is 1. The normalized spacial score (nSPS) is 11.3. The van der Waals surface area contributed by atoms with Gasteiger partial charge in [-0.25, -0.2) is 0 Å². The van der Waals surface area contributed by atoms with E-state index >= 15 is 0 Å². The zero-order valence-corrected chi connectivity index (χ0v) is 13.4. The summed E-state index contributed by atoms with van der Waals surface area (Å²) in [6.07, 6.45) is 5.45. The molecule has 0 aliphatic carbocycles. The smallest absolute Gasteiger partial charge is 0.184 e. The zero-order valence-electron chi connectivity index (χ0n) is 12.7. The average Bonchev–Trinajstić information content (AvgIpc) is 2.95. The summed E-state index contributed by atoms with van der Waals surface area (Å²) < 4.78 is 12.3. The van der Waals surface area contributed by atoms with Crippen molar-refractivity contribution in [2.45, 2.75) is 0 Å². The Labute approximate surface area is 138 Å². The van der Waals surface area contributed by atoms with Crippen molar-refractivity contribution >= 4 is 35.1 Å². The van der Waals surface area contributed by atoms with Crippen LogP contribution in [-0.2, 0) is 0 Å². The van der Waals surface area contributed by atoms with Gasteiger partial charge < -0.3 is 15.2 Å². The van der Waals surface area contributed by atoms with E-state index in [4.69, 9.17) is 26.8 Å². The first-order valence-corrected chi connectivity index (χ1v) is 7.20. The third kappa shape index (κ3) is 2.93. The van der Waals surface area contributed by atoms with Crippen LogP contribution in [0.4, 0.5) is 5.69 Å². The highest BCUT2D eigenvalue weighted by atomic mass is 35.5. The van der Waals surface area contributed by atoms with E-state index in [-0.39, 0.29) is 0 Å². The number of anilines is 1. The number of nitrogens with zero attached hydrogens (tertiary/aromatic N) is 3. The van der Waals surface area contributed by atoms with E-state index in [1.54, 1.807) is 30.9 Å². The molecular formula is C16H15ClN4O2. The second-order valence-corrected chi connectivity index (χ2v) is 5.25. The Balaban J connectivity index is 1.97. The molecule has 2 heterocycles. The molecule has 0 radical (unpaired) electrons. The lowest BCUT2D eigenvalue weighted by atomic mass is 10.2. The minimum absolute atomic E-state index is 0.482. The maximum Gasteiger partial charge on any atom is 0.184 e. The molecule has 3 aromatic rings. The summed E-state index contributed by atoms with van der Waals surface area (Å²) in [5.41, 5.74) is 7.88. The lowest BCUT2D eigenvalue weighted by Gasteiger charge is -2.07. The van der Waals surface area contributed by atoms with Crippen LogP contribution in [0, 0.1) is 0 Å². The van der Waals surface area contributed by atoms with Crippen molar-refractivity contribution in [3.05, 3.63) is 46.9 Å². The van der Waals surface area contributed by atoms with Crippen molar-refractivity contribution in [1.82, 2.24) is 14.6 Å². The van der Waals surface area contributed by atoms with Gasteiger partial charge in [0.15, 0.2) is 23.0 Å². The molecule has 0 saturated carbocycles. The molecule has 0 aliphatic rings. The first-order chi connectivity index (χ1) is 11.1. The van der Waals surface area contributed by atoms with Gasteiger partial charge in [-0.1, -0.05) is 23.7 Å². The first kappa shape index (κ1) is 15.2. The van der Waals surface area contributed by atoms with Gasteiger partial charge in [0.25, 0.3) is 0 Å². The zero-order chi connectivity index (χ0) is 16.4. The van der Waals surface area contributed by atoms with Gasteiger partial charge in [0, 0.05) is 6.20 Å². The van der Waals surface area contributed by atoms with Gasteiger partial charge in [-0.05, 0) is 29.8 Å². The number of hydrogen-bond acceptors (Lipinski definition) is 5. The molecule has 0 saturated heterocycles. The standard InChI is InChI=1S/C16H15ClN4O2/c1-22-13-5-3-10(7-14(13)23-2)4-6-15-19-20-16-12(18)8-11(17)9-21(15)16/h3-9H,18H2,1-2H3/b6-4+. The SMILES string of the molecule is COc1ccc(/C=C/c2nnc3c(N)cc(Cl)cn23)cc1OC. The van der Waals surface area contributed by atoms with Gasteiger partial charge >= 0.3 is 0 Å². The van der Waals surface area contributed by atoms with Gasteiger partial charge in [0.05, 0.1) is 24.9 Å². The van der Waals surface area contributed by atoms with E-state index in [2.05, 4.69) is 10.2 Å². The Hall–Kier alpha value is -2.73. The highest BCUT2D eigenvalue weighted by Gasteiger charge is 2.07. The topological polar surface area (TPSA) is 74.7 Å². The maximum atomic E-state index is 6.03. The van der Waals surface area contributed by atoms with Crippen LogP contribution < -0.4 is 15.2 Å². The van der Waals surface area contributed by atoms with E-state index in [9.17, 15) is 0 Å². The van der Waals surface area contributed by atoms with Gasteiger partial charge in [-0.15, -0.1) is 10.2 Å². The maximum absolute atomic E-state index is 6.03. The summed E-state index contributed by atoms with van der Waals surface area (Å²) in [7, 11) is 3.20. The van der Waals surface area contributed by atoms with Crippen LogP contribution in [0.1, 0.15) is 11.4 Å². The fourth-order valence-electron chi connectivity index (χ4n) is 2.24. The molecule has 118 valence electrons. The number of halogens is 1. The van der Waals surface area contributed by atoms with Crippen molar-refractivity contribution in [2.75, 3.05) is 20.0 Å². The van der Waals surface area contributed by atoms with Crippen LogP contribution in [0.25, 0.3) is 17.8 Å². The van der Waals surface area contributed by atoms with E-state index in [1.807, 2.05) is 30.4 Å². The fourth-order valence-corrected chi connectivity index (χ4v) is 2.46. The molecule has 1 aromatic carbocycles. The molecule has 2 N–H and O–H groups in total. The van der Waals surface area contributed by atoms with Gasteiger partial charge in [-0.2, -0.15) is 0 Å². The number of fused-ring (bicyclic) bond motifs is 1. The highest BCUT2D eigenvalue weighted by Crippen LogP contribution is 2.28. The first-order valence-electron chi connectivity index (χ1n) is 6.82. The van der Waals surface area contributed by atoms with Crippen LogP contribution in [0.2, 0.25) is 5.02 Å². The molecule has 0 aliphatic heterocycles. The molecule has 0 bridgehead atoms. The van der Waals surface area contributed by atoms with Gasteiger partial charge in [0.2, 0.25) is 0 Å². The summed E-state index contributed by atoms with van der Waals surface area (Å²) in [4.78, 5) is 0. The van der Waals surface area contributed by atoms with Crippen molar-refractivity contribution in [3.8, 4) is 11.5 Å². The molecule has 0 unspecified atom stereocenters. The van der Waals surface area contributed by atoms with E-state index < -0.39 is 0 Å². The van der Waals surface area contributed by atoms with Gasteiger partial charge in [0.1, 0.15) is 0 Å². The molecule has 0 fully saturated rings. The summed E-state index contributed by atoms with van der Waals surface area (Å²) in [6, 6.07) is 7.28. The van der Waals surface area contributed by atoms with E-state index in [0.717, 1.165) is 5.56 Å². The number of aromatic nitrogens is 3. The second kappa shape index (κ2) is 6.18. The number of benzene rings is 1. The van der Waals surface area contributed by atoms with Crippen LogP contribution in [0.3, 0.4) is 0 Å². The number of methoxy groups -OCH3 is 2. The van der Waals surface area contributed by atoms with Crippen molar-refractivity contribution < 1.29 is 9.47 Å². The van der Waals surface area contributed by atoms with Crippen molar-refractivity contribution in [2.24, 2.45) is 0 Å². The number of pyridine rings is 1. The molecule has 0 amide bonds. The van der Waals surface area contributed by atoms with Crippen LogP contribution in [0.5, 0.6) is 11.5 Å². The Morgan fingerprint density at radius 3 is 2.61 bits per heavy atom. The number of rotatable bonds is 4. The van der Waals surface area contributed by atoms with Crippen LogP contribution in [-0.4, -0.2) is 28.8 Å². The summed E-state index contributed by atoms with van der Waals surface area (Å²) in [5.74, 6) is 1.97. The van der Waals surface area contributed by atoms with Crippen molar-refractivity contribution in [3.63, 3.8) is 0 Å². The Morgan fingerprint density at radius 2 is 1.87 bits per heavy atom. The molecule has 0 spiro atoms. The summed E-state index contributed by atoms with van der Waals surface area (Å²) in [6.45, 7) is 0. The number of ether oxygens (including phenoxy) is 2. The average molecular weight is 331 g/mol. The quantitative estimate of drug-likeness (QED) is 0.795. The molecule has 3 rings (SSSR count). The molecule has 0 atom stereocenters. The number of hydrogen-bond donors (Lipinski definition) is 1. The predicted molar refractivity (Wildman–Crippen MR) is 90.9 cm³/mol. The summed E-state index contributed by atoms with van der Waals surface area (Å²) >= 11 is 6.03. The summed E-state index contributed by atoms with van der Waals surface area (Å²) in [5, 5.41) is 8.71. The molecule has 6 nitrogen and oxygen atoms in total. The Morgan fingerprint density at radius 1 is 1.09 bits per heavy atom. The van der Waals surface area contributed by atoms with Crippen LogP contribution >= 0.6 is 11.6 Å². The van der Waals surface area contributed by atoms with E-state index in [0.29, 0.717) is 33.7 Å². The third-order valence-corrected chi connectivity index (χ3v) is 3.57. The number of nitrogen functional groups attached to an aromatic ring is 1.